The average Bonchev–Trinajstić information content (AvgIpc) is 2.79. The van der Waals surface area contributed by atoms with Crippen LogP contribution >= 0.6 is 15.9 Å². The van der Waals surface area contributed by atoms with E-state index in [1.807, 2.05) is 49.4 Å². The molecule has 1 saturated heterocycles. The molecule has 4 rings (SSSR count). The number of amides is 2. The van der Waals surface area contributed by atoms with Crippen LogP contribution in [0.1, 0.15) is 18.5 Å². The van der Waals surface area contributed by atoms with Gasteiger partial charge in [0.05, 0.1) is 12.6 Å². The van der Waals surface area contributed by atoms with E-state index >= 15 is 0 Å². The third kappa shape index (κ3) is 5.37. The SMILES string of the molecule is CC(NC(=O)CN1CCN(C(=O)C2COc3ccccc3O2)CC1)c1ccc(Br)cc1. The van der Waals surface area contributed by atoms with Gasteiger partial charge < -0.3 is 19.7 Å². The van der Waals surface area contributed by atoms with Crippen molar-refractivity contribution < 1.29 is 19.1 Å². The van der Waals surface area contributed by atoms with Crippen LogP contribution in [0.2, 0.25) is 0 Å². The van der Waals surface area contributed by atoms with Gasteiger partial charge in [-0.25, -0.2) is 0 Å². The highest BCUT2D eigenvalue weighted by Crippen LogP contribution is 2.31. The first-order chi connectivity index (χ1) is 15.0. The smallest absolute Gasteiger partial charge is 0.267 e. The van der Waals surface area contributed by atoms with E-state index in [0.717, 1.165) is 10.0 Å². The van der Waals surface area contributed by atoms with Crippen molar-refractivity contribution >= 4 is 27.7 Å². The number of nitrogens with one attached hydrogen (secondary N) is 1. The number of carbonyl (C=O) groups excluding carboxylic acids is 2. The second kappa shape index (κ2) is 9.70. The summed E-state index contributed by atoms with van der Waals surface area (Å²) in [6, 6.07) is 15.2. The molecular weight excluding hydrogens is 462 g/mol. The summed E-state index contributed by atoms with van der Waals surface area (Å²) in [5.41, 5.74) is 1.06. The van der Waals surface area contributed by atoms with E-state index in [4.69, 9.17) is 9.47 Å². The summed E-state index contributed by atoms with van der Waals surface area (Å²) >= 11 is 3.42. The fraction of sp³-hybridized carbons (Fsp3) is 0.391. The Balaban J connectivity index is 1.23. The predicted molar refractivity (Wildman–Crippen MR) is 120 cm³/mol. The fourth-order valence-corrected chi connectivity index (χ4v) is 4.06. The number of carbonyl (C=O) groups is 2. The molecule has 2 amide bonds. The normalized spacial score (nSPS) is 19.5. The first-order valence-corrected chi connectivity index (χ1v) is 11.2. The summed E-state index contributed by atoms with van der Waals surface area (Å²) in [6.07, 6.45) is -0.628. The van der Waals surface area contributed by atoms with Crippen LogP contribution in [0.15, 0.2) is 53.0 Å². The second-order valence-electron chi connectivity index (χ2n) is 7.81. The highest BCUT2D eigenvalue weighted by atomic mass is 79.9. The van der Waals surface area contributed by atoms with Crippen molar-refractivity contribution in [3.05, 3.63) is 58.6 Å². The van der Waals surface area contributed by atoms with Crippen LogP contribution in [0.4, 0.5) is 0 Å². The van der Waals surface area contributed by atoms with Gasteiger partial charge in [-0.1, -0.05) is 40.2 Å². The van der Waals surface area contributed by atoms with E-state index in [1.165, 1.54) is 0 Å². The van der Waals surface area contributed by atoms with Gasteiger partial charge in [0.1, 0.15) is 6.61 Å². The Morgan fingerprint density at radius 1 is 1.06 bits per heavy atom. The van der Waals surface area contributed by atoms with Gasteiger partial charge in [0, 0.05) is 30.7 Å². The van der Waals surface area contributed by atoms with Gasteiger partial charge in [-0.15, -0.1) is 0 Å². The molecule has 1 N–H and O–H groups in total. The van der Waals surface area contributed by atoms with Crippen molar-refractivity contribution in [3.8, 4) is 11.5 Å². The molecule has 7 nitrogen and oxygen atoms in total. The van der Waals surface area contributed by atoms with Gasteiger partial charge in [0.15, 0.2) is 11.5 Å². The number of para-hydroxylation sites is 2. The van der Waals surface area contributed by atoms with Crippen molar-refractivity contribution in [2.45, 2.75) is 19.1 Å². The molecule has 2 aliphatic heterocycles. The van der Waals surface area contributed by atoms with Crippen LogP contribution < -0.4 is 14.8 Å². The predicted octanol–water partition coefficient (Wildman–Crippen LogP) is 2.61. The van der Waals surface area contributed by atoms with E-state index in [9.17, 15) is 9.59 Å². The van der Waals surface area contributed by atoms with Gasteiger partial charge in [0.25, 0.3) is 5.91 Å². The highest BCUT2D eigenvalue weighted by Gasteiger charge is 2.33. The minimum Gasteiger partial charge on any atom is -0.485 e. The fourth-order valence-electron chi connectivity index (χ4n) is 3.80. The van der Waals surface area contributed by atoms with E-state index in [0.29, 0.717) is 44.2 Å². The molecule has 2 aromatic rings. The largest absolute Gasteiger partial charge is 0.485 e. The number of rotatable bonds is 5. The molecule has 0 aliphatic carbocycles. The topological polar surface area (TPSA) is 71.1 Å². The lowest BCUT2D eigenvalue weighted by atomic mass is 10.1. The molecule has 31 heavy (non-hydrogen) atoms. The zero-order valence-electron chi connectivity index (χ0n) is 17.4. The summed E-state index contributed by atoms with van der Waals surface area (Å²) in [5.74, 6) is 1.18. The lowest BCUT2D eigenvalue weighted by Crippen LogP contribution is -2.55. The van der Waals surface area contributed by atoms with Crippen molar-refractivity contribution in [3.63, 3.8) is 0 Å². The molecule has 1 fully saturated rings. The number of hydrogen-bond acceptors (Lipinski definition) is 5. The van der Waals surface area contributed by atoms with Gasteiger partial charge in [-0.3, -0.25) is 14.5 Å². The number of halogens is 1. The van der Waals surface area contributed by atoms with E-state index in [-0.39, 0.29) is 24.5 Å². The Hall–Kier alpha value is -2.58. The lowest BCUT2D eigenvalue weighted by Gasteiger charge is -2.37. The summed E-state index contributed by atoms with van der Waals surface area (Å²) in [5, 5.41) is 3.05. The van der Waals surface area contributed by atoms with Gasteiger partial charge in [-0.2, -0.15) is 0 Å². The summed E-state index contributed by atoms with van der Waals surface area (Å²) < 4.78 is 12.5. The Morgan fingerprint density at radius 3 is 2.45 bits per heavy atom. The van der Waals surface area contributed by atoms with Gasteiger partial charge >= 0.3 is 0 Å². The Morgan fingerprint density at radius 2 is 1.74 bits per heavy atom. The van der Waals surface area contributed by atoms with Crippen LogP contribution in [0.25, 0.3) is 0 Å². The molecular formula is C23H26BrN3O4. The minimum atomic E-state index is -0.628. The maximum atomic E-state index is 12.8. The number of nitrogens with zero attached hydrogens (tertiary/aromatic N) is 2. The summed E-state index contributed by atoms with van der Waals surface area (Å²) in [7, 11) is 0. The van der Waals surface area contributed by atoms with Crippen LogP contribution in [0.5, 0.6) is 11.5 Å². The highest BCUT2D eigenvalue weighted by molar-refractivity contribution is 9.10. The number of hydrogen-bond donors (Lipinski definition) is 1. The van der Waals surface area contributed by atoms with Crippen molar-refractivity contribution in [1.29, 1.82) is 0 Å². The quantitative estimate of drug-likeness (QED) is 0.701. The van der Waals surface area contributed by atoms with Gasteiger partial charge in [0.2, 0.25) is 12.0 Å². The third-order valence-corrected chi connectivity index (χ3v) is 6.11. The summed E-state index contributed by atoms with van der Waals surface area (Å²) in [4.78, 5) is 29.2. The molecule has 2 heterocycles. The Kier molecular flexibility index (Phi) is 6.77. The van der Waals surface area contributed by atoms with Crippen molar-refractivity contribution in [2.24, 2.45) is 0 Å². The van der Waals surface area contributed by atoms with E-state index in [2.05, 4.69) is 26.1 Å². The summed E-state index contributed by atoms with van der Waals surface area (Å²) in [6.45, 7) is 4.94. The molecule has 0 bridgehead atoms. The molecule has 164 valence electrons. The maximum absolute atomic E-state index is 12.8. The second-order valence-corrected chi connectivity index (χ2v) is 8.72. The number of fused-ring (bicyclic) bond motifs is 1. The number of benzene rings is 2. The Labute approximate surface area is 190 Å². The first kappa shape index (κ1) is 21.6. The average molecular weight is 488 g/mol. The number of ether oxygens (including phenoxy) is 2. The molecule has 2 aliphatic rings. The lowest BCUT2D eigenvalue weighted by molar-refractivity contribution is -0.143. The molecule has 0 aromatic heterocycles. The molecule has 2 atom stereocenters. The number of piperazine rings is 1. The zero-order chi connectivity index (χ0) is 21.8. The monoisotopic (exact) mass is 487 g/mol. The minimum absolute atomic E-state index is 0.0178. The molecule has 0 radical (unpaired) electrons. The van der Waals surface area contributed by atoms with E-state index < -0.39 is 6.10 Å². The maximum Gasteiger partial charge on any atom is 0.267 e. The van der Waals surface area contributed by atoms with Crippen LogP contribution in [-0.4, -0.2) is 67.0 Å². The van der Waals surface area contributed by atoms with Crippen LogP contribution in [0.3, 0.4) is 0 Å². The van der Waals surface area contributed by atoms with Crippen LogP contribution in [0, 0.1) is 0 Å². The molecule has 0 spiro atoms. The standard InChI is InChI=1S/C23H26BrN3O4/c1-16(17-6-8-18(24)9-7-17)25-22(28)14-26-10-12-27(13-11-26)23(29)21-15-30-19-4-2-3-5-20(19)31-21/h2-9,16,21H,10-15H2,1H3,(H,25,28). The van der Waals surface area contributed by atoms with Crippen molar-refractivity contribution in [2.75, 3.05) is 39.3 Å². The molecule has 0 saturated carbocycles. The van der Waals surface area contributed by atoms with Gasteiger partial charge in [-0.05, 0) is 36.8 Å². The third-order valence-electron chi connectivity index (χ3n) is 5.58. The Bertz CT molecular complexity index is 929. The zero-order valence-corrected chi connectivity index (χ0v) is 19.0. The first-order valence-electron chi connectivity index (χ1n) is 10.4. The van der Waals surface area contributed by atoms with E-state index in [1.54, 1.807) is 11.0 Å². The van der Waals surface area contributed by atoms with Crippen LogP contribution in [-0.2, 0) is 9.59 Å². The molecule has 2 aromatic carbocycles. The molecule has 2 unspecified atom stereocenters. The molecule has 8 heteroatoms. The van der Waals surface area contributed by atoms with Crippen molar-refractivity contribution in [1.82, 2.24) is 15.1 Å².